The average Bonchev–Trinajstić information content (AvgIpc) is 2.71. The monoisotopic (exact) mass is 386 g/mol. The highest BCUT2D eigenvalue weighted by Crippen LogP contribution is 2.23. The summed E-state index contributed by atoms with van der Waals surface area (Å²) in [5, 5.41) is 12.4. The van der Waals surface area contributed by atoms with Gasteiger partial charge in [0, 0.05) is 19.0 Å². The van der Waals surface area contributed by atoms with Crippen LogP contribution in [0, 0.1) is 5.92 Å². The van der Waals surface area contributed by atoms with Crippen molar-refractivity contribution >= 4 is 23.6 Å². The Balaban J connectivity index is 1.52. The molecule has 2 heterocycles. The Morgan fingerprint density at radius 1 is 1.30 bits per heavy atom. The summed E-state index contributed by atoms with van der Waals surface area (Å²) in [4.78, 5) is 7.27. The van der Waals surface area contributed by atoms with E-state index in [0.29, 0.717) is 24.3 Å². The maximum absolute atomic E-state index is 6.01. The minimum atomic E-state index is 0.392. The van der Waals surface area contributed by atoms with Crippen LogP contribution in [-0.2, 0) is 4.84 Å². The summed E-state index contributed by atoms with van der Waals surface area (Å²) in [7, 11) is 0. The van der Waals surface area contributed by atoms with E-state index in [1.54, 1.807) is 18.4 Å². The molecule has 1 aliphatic rings. The van der Waals surface area contributed by atoms with E-state index in [-0.39, 0.29) is 0 Å². The van der Waals surface area contributed by atoms with Crippen LogP contribution in [-0.4, -0.2) is 42.7 Å². The quantitative estimate of drug-likeness (QED) is 0.297. The van der Waals surface area contributed by atoms with Crippen molar-refractivity contribution in [3.63, 3.8) is 0 Å². The van der Waals surface area contributed by atoms with Crippen molar-refractivity contribution in [1.29, 1.82) is 0 Å². The first kappa shape index (κ1) is 19.2. The molecule has 0 spiro atoms. The second kappa shape index (κ2) is 9.92. The molecule has 1 unspecified atom stereocenters. The predicted molar refractivity (Wildman–Crippen MR) is 108 cm³/mol. The fourth-order valence-electron chi connectivity index (χ4n) is 2.98. The van der Waals surface area contributed by atoms with Gasteiger partial charge in [0.15, 0.2) is 11.0 Å². The highest BCUT2D eigenvalue weighted by atomic mass is 35.5. The summed E-state index contributed by atoms with van der Waals surface area (Å²) in [6, 6.07) is 11.5. The minimum absolute atomic E-state index is 0.392. The van der Waals surface area contributed by atoms with Crippen molar-refractivity contribution in [2.75, 3.05) is 31.2 Å². The van der Waals surface area contributed by atoms with Crippen LogP contribution in [0.3, 0.4) is 0 Å². The van der Waals surface area contributed by atoms with Crippen LogP contribution in [0.1, 0.15) is 18.4 Å². The molecule has 27 heavy (non-hydrogen) atoms. The van der Waals surface area contributed by atoms with Crippen LogP contribution < -0.4 is 9.64 Å². The first-order valence-electron chi connectivity index (χ1n) is 8.98. The molecule has 0 radical (unpaired) electrons. The van der Waals surface area contributed by atoms with Gasteiger partial charge in [-0.15, -0.1) is 10.2 Å². The van der Waals surface area contributed by atoms with Crippen molar-refractivity contribution in [2.45, 2.75) is 12.8 Å². The Hall–Kier alpha value is -2.60. The van der Waals surface area contributed by atoms with Crippen LogP contribution in [0.2, 0.25) is 5.15 Å². The third-order valence-corrected chi connectivity index (χ3v) is 4.47. The molecular weight excluding hydrogens is 364 g/mol. The molecule has 0 bridgehead atoms. The van der Waals surface area contributed by atoms with Gasteiger partial charge in [0.25, 0.3) is 0 Å². The summed E-state index contributed by atoms with van der Waals surface area (Å²) in [5.41, 5.74) is 0.929. The third kappa shape index (κ3) is 5.96. The molecule has 1 fully saturated rings. The number of aromatic nitrogens is 2. The Bertz CT molecular complexity index is 767. The number of nitrogens with zero attached hydrogens (tertiary/aromatic N) is 4. The second-order valence-corrected chi connectivity index (χ2v) is 6.76. The molecule has 0 amide bonds. The first-order chi connectivity index (χ1) is 13.2. The van der Waals surface area contributed by atoms with E-state index in [1.807, 2.05) is 30.3 Å². The number of piperidine rings is 1. The number of ether oxygens (including phenoxy) is 1. The molecule has 0 aliphatic carbocycles. The summed E-state index contributed by atoms with van der Waals surface area (Å²) < 4.78 is 6.01. The molecule has 0 saturated carbocycles. The SMILES string of the molecule is C=CCON=Cc1cccc(OCC2CCCN(c3ccc(Cl)nn3)C2)c1. The maximum Gasteiger partial charge on any atom is 0.151 e. The van der Waals surface area contributed by atoms with Gasteiger partial charge in [0.05, 0.1) is 12.8 Å². The molecule has 1 aromatic carbocycles. The molecule has 1 aliphatic heterocycles. The highest BCUT2D eigenvalue weighted by molar-refractivity contribution is 6.29. The lowest BCUT2D eigenvalue weighted by atomic mass is 9.99. The van der Waals surface area contributed by atoms with Gasteiger partial charge >= 0.3 is 0 Å². The normalized spacial score (nSPS) is 17.1. The fourth-order valence-corrected chi connectivity index (χ4v) is 3.08. The van der Waals surface area contributed by atoms with Crippen molar-refractivity contribution in [1.82, 2.24) is 10.2 Å². The molecule has 6 nitrogen and oxygen atoms in total. The summed E-state index contributed by atoms with van der Waals surface area (Å²) in [6.07, 6.45) is 5.55. The molecule has 142 valence electrons. The molecular formula is C20H23ClN4O2. The Labute approximate surface area is 164 Å². The van der Waals surface area contributed by atoms with Crippen LogP contribution in [0.15, 0.2) is 54.2 Å². The van der Waals surface area contributed by atoms with Crippen molar-refractivity contribution < 1.29 is 9.57 Å². The van der Waals surface area contributed by atoms with E-state index < -0.39 is 0 Å². The number of halogens is 1. The maximum atomic E-state index is 6.01. The smallest absolute Gasteiger partial charge is 0.151 e. The molecule has 2 aromatic rings. The van der Waals surface area contributed by atoms with Crippen molar-refractivity contribution in [3.8, 4) is 5.75 Å². The van der Waals surface area contributed by atoms with Crippen LogP contribution >= 0.6 is 11.6 Å². The molecule has 7 heteroatoms. The van der Waals surface area contributed by atoms with Crippen LogP contribution in [0.4, 0.5) is 5.82 Å². The zero-order valence-corrected chi connectivity index (χ0v) is 15.9. The summed E-state index contributed by atoms with van der Waals surface area (Å²) >= 11 is 5.82. The number of hydrogen-bond acceptors (Lipinski definition) is 6. The fraction of sp³-hybridized carbons (Fsp3) is 0.350. The van der Waals surface area contributed by atoms with Crippen LogP contribution in [0.5, 0.6) is 5.75 Å². The van der Waals surface area contributed by atoms with Gasteiger partial charge in [-0.1, -0.05) is 41.5 Å². The third-order valence-electron chi connectivity index (χ3n) is 4.27. The number of rotatable bonds is 8. The highest BCUT2D eigenvalue weighted by Gasteiger charge is 2.21. The Morgan fingerprint density at radius 3 is 3.04 bits per heavy atom. The number of oxime groups is 1. The van der Waals surface area contributed by atoms with E-state index in [2.05, 4.69) is 26.8 Å². The van der Waals surface area contributed by atoms with Crippen LogP contribution in [0.25, 0.3) is 0 Å². The molecule has 3 rings (SSSR count). The van der Waals surface area contributed by atoms with Gasteiger partial charge < -0.3 is 14.5 Å². The largest absolute Gasteiger partial charge is 0.493 e. The van der Waals surface area contributed by atoms with Gasteiger partial charge in [-0.2, -0.15) is 0 Å². The van der Waals surface area contributed by atoms with Crippen molar-refractivity contribution in [3.05, 3.63) is 59.8 Å². The molecule has 1 saturated heterocycles. The lowest BCUT2D eigenvalue weighted by Gasteiger charge is -2.33. The zero-order chi connectivity index (χ0) is 18.9. The van der Waals surface area contributed by atoms with Gasteiger partial charge in [-0.25, -0.2) is 0 Å². The Morgan fingerprint density at radius 2 is 2.22 bits per heavy atom. The summed E-state index contributed by atoms with van der Waals surface area (Å²) in [6.45, 7) is 6.50. The van der Waals surface area contributed by atoms with Gasteiger partial charge in [0.2, 0.25) is 0 Å². The van der Waals surface area contributed by atoms with Gasteiger partial charge in [0.1, 0.15) is 12.4 Å². The van der Waals surface area contributed by atoms with Gasteiger partial charge in [-0.3, -0.25) is 0 Å². The van der Waals surface area contributed by atoms with E-state index in [9.17, 15) is 0 Å². The number of hydrogen-bond donors (Lipinski definition) is 0. The Kier molecular flexibility index (Phi) is 7.04. The lowest BCUT2D eigenvalue weighted by molar-refractivity contribution is 0.176. The topological polar surface area (TPSA) is 59.8 Å². The van der Waals surface area contributed by atoms with E-state index in [1.165, 1.54) is 0 Å². The molecule has 1 aromatic heterocycles. The van der Waals surface area contributed by atoms with E-state index in [0.717, 1.165) is 43.1 Å². The first-order valence-corrected chi connectivity index (χ1v) is 9.35. The predicted octanol–water partition coefficient (Wildman–Crippen LogP) is 3.96. The number of anilines is 1. The van der Waals surface area contributed by atoms with Crippen molar-refractivity contribution in [2.24, 2.45) is 11.1 Å². The standard InChI is InChI=1S/C20H23ClN4O2/c1-2-11-27-22-13-16-5-3-7-18(12-16)26-15-17-6-4-10-25(14-17)20-9-8-19(21)23-24-20/h2-3,5,7-9,12-13,17H,1,4,6,10-11,14-15H2. The lowest BCUT2D eigenvalue weighted by Crippen LogP contribution is -2.38. The van der Waals surface area contributed by atoms with E-state index >= 15 is 0 Å². The zero-order valence-electron chi connectivity index (χ0n) is 15.1. The average molecular weight is 387 g/mol. The van der Waals surface area contributed by atoms with Gasteiger partial charge in [-0.05, 0) is 42.7 Å². The summed E-state index contributed by atoms with van der Waals surface area (Å²) in [5.74, 6) is 2.12. The second-order valence-electron chi connectivity index (χ2n) is 6.37. The number of benzene rings is 1. The van der Waals surface area contributed by atoms with E-state index in [4.69, 9.17) is 21.2 Å². The molecule has 0 N–H and O–H groups in total. The molecule has 1 atom stereocenters. The minimum Gasteiger partial charge on any atom is -0.493 e.